The van der Waals surface area contributed by atoms with Crippen LogP contribution < -0.4 is 0 Å². The standard InChI is InChI=1S/C14H26O5Si/c1-6-17-20(18-7-2,19-8-3)14-12(15-4)10-9-11-13(14)16-5/h10-11,14H,6-9H2,1-5H3. The van der Waals surface area contributed by atoms with Crippen LogP contribution >= 0.6 is 0 Å². The van der Waals surface area contributed by atoms with E-state index in [2.05, 4.69) is 0 Å². The van der Waals surface area contributed by atoms with Crippen molar-refractivity contribution in [1.29, 1.82) is 0 Å². The fraction of sp³-hybridized carbons (Fsp3) is 0.714. The normalized spacial score (nSPS) is 16.6. The van der Waals surface area contributed by atoms with Crippen LogP contribution in [0.15, 0.2) is 23.7 Å². The van der Waals surface area contributed by atoms with Crippen molar-refractivity contribution in [1.82, 2.24) is 0 Å². The summed E-state index contributed by atoms with van der Waals surface area (Å²) in [4.78, 5) is 0. The molecule has 0 aromatic carbocycles. The van der Waals surface area contributed by atoms with Crippen LogP contribution in [0.5, 0.6) is 0 Å². The van der Waals surface area contributed by atoms with Gasteiger partial charge in [-0.1, -0.05) is 0 Å². The van der Waals surface area contributed by atoms with Crippen molar-refractivity contribution in [3.05, 3.63) is 23.7 Å². The monoisotopic (exact) mass is 302 g/mol. The zero-order valence-corrected chi connectivity index (χ0v) is 14.1. The molecule has 6 heteroatoms. The Bertz CT molecular complexity index is 316. The number of allylic oxidation sites excluding steroid dienone is 2. The van der Waals surface area contributed by atoms with Crippen molar-refractivity contribution in [2.45, 2.75) is 32.7 Å². The largest absolute Gasteiger partial charge is 0.519 e. The molecular weight excluding hydrogens is 276 g/mol. The van der Waals surface area contributed by atoms with Gasteiger partial charge in [0.15, 0.2) is 0 Å². The highest BCUT2D eigenvalue weighted by molar-refractivity contribution is 6.64. The van der Waals surface area contributed by atoms with Crippen molar-refractivity contribution >= 4 is 8.80 Å². The third-order valence-electron chi connectivity index (χ3n) is 3.07. The Morgan fingerprint density at radius 1 is 0.900 bits per heavy atom. The summed E-state index contributed by atoms with van der Waals surface area (Å²) in [6.45, 7) is 7.39. The van der Waals surface area contributed by atoms with Crippen LogP contribution in [0.4, 0.5) is 0 Å². The van der Waals surface area contributed by atoms with Gasteiger partial charge < -0.3 is 22.8 Å². The molecule has 0 aromatic heterocycles. The summed E-state index contributed by atoms with van der Waals surface area (Å²) in [5, 5.41) is 0. The minimum atomic E-state index is -2.95. The van der Waals surface area contributed by atoms with Gasteiger partial charge in [-0.3, -0.25) is 0 Å². The van der Waals surface area contributed by atoms with Gasteiger partial charge in [0.1, 0.15) is 17.1 Å². The lowest BCUT2D eigenvalue weighted by Crippen LogP contribution is -2.52. The van der Waals surface area contributed by atoms with Crippen molar-refractivity contribution in [3.63, 3.8) is 0 Å². The fourth-order valence-electron chi connectivity index (χ4n) is 2.40. The zero-order valence-electron chi connectivity index (χ0n) is 13.1. The van der Waals surface area contributed by atoms with E-state index in [1.165, 1.54) is 0 Å². The van der Waals surface area contributed by atoms with Crippen LogP contribution in [0, 0.1) is 0 Å². The minimum Gasteiger partial charge on any atom is -0.501 e. The molecule has 116 valence electrons. The molecule has 0 radical (unpaired) electrons. The summed E-state index contributed by atoms with van der Waals surface area (Å²) in [6.07, 6.45) is 4.82. The van der Waals surface area contributed by atoms with Gasteiger partial charge in [0.2, 0.25) is 0 Å². The first-order valence-corrected chi connectivity index (χ1v) is 8.89. The SMILES string of the molecule is CCO[Si](OCC)(OCC)C1C(OC)=CCC=C1OC. The maximum Gasteiger partial charge on any atom is 0.519 e. The molecule has 0 aromatic rings. The van der Waals surface area contributed by atoms with E-state index < -0.39 is 8.80 Å². The number of rotatable bonds is 9. The molecule has 0 atom stereocenters. The van der Waals surface area contributed by atoms with E-state index in [1.807, 2.05) is 32.9 Å². The van der Waals surface area contributed by atoms with E-state index in [0.717, 1.165) is 17.9 Å². The van der Waals surface area contributed by atoms with E-state index in [-0.39, 0.29) is 5.54 Å². The molecule has 0 N–H and O–H groups in total. The van der Waals surface area contributed by atoms with Crippen LogP contribution in [0.3, 0.4) is 0 Å². The molecule has 0 spiro atoms. The van der Waals surface area contributed by atoms with Gasteiger partial charge in [-0.25, -0.2) is 0 Å². The van der Waals surface area contributed by atoms with Crippen molar-refractivity contribution < 1.29 is 22.8 Å². The van der Waals surface area contributed by atoms with E-state index in [9.17, 15) is 0 Å². The highest BCUT2D eigenvalue weighted by Gasteiger charge is 2.55. The fourth-order valence-corrected chi connectivity index (χ4v) is 5.52. The number of hydrogen-bond donors (Lipinski definition) is 0. The van der Waals surface area contributed by atoms with Crippen molar-refractivity contribution in [2.75, 3.05) is 34.0 Å². The second-order valence-electron chi connectivity index (χ2n) is 4.19. The lowest BCUT2D eigenvalue weighted by atomic mass is 10.1. The highest BCUT2D eigenvalue weighted by Crippen LogP contribution is 2.42. The number of hydrogen-bond acceptors (Lipinski definition) is 5. The lowest BCUT2D eigenvalue weighted by Gasteiger charge is -2.37. The van der Waals surface area contributed by atoms with Crippen LogP contribution in [0.25, 0.3) is 0 Å². The summed E-state index contributed by atoms with van der Waals surface area (Å²) in [6, 6.07) is 0. The van der Waals surface area contributed by atoms with Crippen LogP contribution in [0.1, 0.15) is 27.2 Å². The summed E-state index contributed by atoms with van der Waals surface area (Å²) in [5.41, 5.74) is -0.230. The second-order valence-corrected chi connectivity index (χ2v) is 6.84. The second kappa shape index (κ2) is 8.46. The van der Waals surface area contributed by atoms with Crippen molar-refractivity contribution in [2.24, 2.45) is 0 Å². The predicted molar refractivity (Wildman–Crippen MR) is 79.2 cm³/mol. The van der Waals surface area contributed by atoms with E-state index >= 15 is 0 Å². The van der Waals surface area contributed by atoms with E-state index in [4.69, 9.17) is 22.8 Å². The Balaban J connectivity index is 3.20. The summed E-state index contributed by atoms with van der Waals surface area (Å²) in [7, 11) is 0.357. The van der Waals surface area contributed by atoms with Gasteiger partial charge in [-0.05, 0) is 39.3 Å². The van der Waals surface area contributed by atoms with Gasteiger partial charge >= 0.3 is 8.80 Å². The van der Waals surface area contributed by atoms with Gasteiger partial charge in [0.25, 0.3) is 0 Å². The first kappa shape index (κ1) is 17.2. The molecule has 1 aliphatic rings. The minimum absolute atomic E-state index is 0.230. The van der Waals surface area contributed by atoms with Crippen LogP contribution in [-0.4, -0.2) is 42.8 Å². The molecule has 1 rings (SSSR count). The van der Waals surface area contributed by atoms with Gasteiger partial charge in [0, 0.05) is 19.8 Å². The molecule has 0 amide bonds. The Labute approximate surface area is 122 Å². The molecule has 0 saturated heterocycles. The summed E-state index contributed by atoms with van der Waals surface area (Å²) < 4.78 is 28.9. The quantitative estimate of drug-likeness (QED) is 0.613. The highest BCUT2D eigenvalue weighted by atomic mass is 28.4. The average Bonchev–Trinajstić information content (AvgIpc) is 2.47. The van der Waals surface area contributed by atoms with Crippen molar-refractivity contribution in [3.8, 4) is 0 Å². The van der Waals surface area contributed by atoms with Gasteiger partial charge in [-0.15, -0.1) is 0 Å². The van der Waals surface area contributed by atoms with Gasteiger partial charge in [-0.2, -0.15) is 0 Å². The average molecular weight is 302 g/mol. The van der Waals surface area contributed by atoms with E-state index in [1.54, 1.807) is 14.2 Å². The Morgan fingerprint density at radius 3 is 1.60 bits per heavy atom. The summed E-state index contributed by atoms with van der Waals surface area (Å²) >= 11 is 0. The lowest BCUT2D eigenvalue weighted by molar-refractivity contribution is 0.0547. The maximum atomic E-state index is 5.97. The van der Waals surface area contributed by atoms with Crippen LogP contribution in [-0.2, 0) is 22.8 Å². The Hall–Kier alpha value is -0.823. The predicted octanol–water partition coefficient (Wildman–Crippen LogP) is 2.87. The number of ether oxygens (including phenoxy) is 2. The molecule has 0 fully saturated rings. The third kappa shape index (κ3) is 3.63. The summed E-state index contributed by atoms with van der Waals surface area (Å²) in [5.74, 6) is 1.60. The van der Waals surface area contributed by atoms with Crippen LogP contribution in [0.2, 0.25) is 5.54 Å². The molecule has 5 nitrogen and oxygen atoms in total. The molecule has 0 aliphatic heterocycles. The molecule has 0 saturated carbocycles. The Morgan fingerprint density at radius 2 is 1.30 bits per heavy atom. The van der Waals surface area contributed by atoms with Gasteiger partial charge in [0.05, 0.1) is 14.2 Å². The molecule has 0 bridgehead atoms. The molecule has 0 unspecified atom stereocenters. The zero-order chi connectivity index (χ0) is 15.0. The maximum absolute atomic E-state index is 5.97. The molecule has 1 aliphatic carbocycles. The number of methoxy groups -OCH3 is 2. The molecule has 20 heavy (non-hydrogen) atoms. The molecular formula is C14H26O5Si. The first-order chi connectivity index (χ1) is 9.68. The van der Waals surface area contributed by atoms with E-state index in [0.29, 0.717) is 19.8 Å². The first-order valence-electron chi connectivity index (χ1n) is 7.08. The smallest absolute Gasteiger partial charge is 0.501 e. The Kier molecular flexibility index (Phi) is 7.29. The molecule has 0 heterocycles. The third-order valence-corrected chi connectivity index (χ3v) is 6.42. The topological polar surface area (TPSA) is 46.2 Å².